The van der Waals surface area contributed by atoms with E-state index >= 15 is 0 Å². The Morgan fingerprint density at radius 1 is 1.10 bits per heavy atom. The number of nitrogens with zero attached hydrogens (tertiary/aromatic N) is 1. The van der Waals surface area contributed by atoms with E-state index < -0.39 is 0 Å². The molecular weight excluding hydrogens is 258 g/mol. The molecule has 4 atom stereocenters. The highest BCUT2D eigenvalue weighted by Gasteiger charge is 2.43. The van der Waals surface area contributed by atoms with Gasteiger partial charge in [0.25, 0.3) is 0 Å². The summed E-state index contributed by atoms with van der Waals surface area (Å²) in [6.45, 7) is 0. The van der Waals surface area contributed by atoms with E-state index in [-0.39, 0.29) is 6.10 Å². The van der Waals surface area contributed by atoms with Gasteiger partial charge in [-0.3, -0.25) is 0 Å². The van der Waals surface area contributed by atoms with Crippen molar-refractivity contribution in [1.82, 2.24) is 0 Å². The number of fused-ring (bicyclic) bond motifs is 3. The molecule has 2 heteroatoms. The molecule has 0 aromatic carbocycles. The highest BCUT2D eigenvalue weighted by atomic mass is 16.5. The van der Waals surface area contributed by atoms with E-state index in [9.17, 15) is 0 Å². The molecule has 1 aliphatic heterocycles. The standard InChI is InChI=1S/C19H26NO/c1-20-12-6-7-14(13-20)19-17-10-3-2-8-15(17)16-9-4-5-11-18(16)21-19/h6-8,12-13,16-19H,2-5,9-11H2,1H3/q+1/t16-,17-,18+,19-/m1/s1. The quantitative estimate of drug-likeness (QED) is 0.563. The van der Waals surface area contributed by atoms with E-state index in [4.69, 9.17) is 4.74 Å². The van der Waals surface area contributed by atoms with E-state index in [1.807, 2.05) is 0 Å². The second kappa shape index (κ2) is 5.57. The van der Waals surface area contributed by atoms with E-state index in [1.165, 1.54) is 50.5 Å². The van der Waals surface area contributed by atoms with Crippen molar-refractivity contribution in [2.75, 3.05) is 0 Å². The summed E-state index contributed by atoms with van der Waals surface area (Å²) in [6, 6.07) is 4.40. The third-order valence-electron chi connectivity index (χ3n) is 5.64. The van der Waals surface area contributed by atoms with Gasteiger partial charge in [0.2, 0.25) is 0 Å². The summed E-state index contributed by atoms with van der Waals surface area (Å²) in [7, 11) is 2.10. The molecule has 1 saturated heterocycles. The molecule has 0 bridgehead atoms. The van der Waals surface area contributed by atoms with Crippen LogP contribution in [0, 0.1) is 11.8 Å². The highest BCUT2D eigenvalue weighted by Crippen LogP contribution is 2.50. The first kappa shape index (κ1) is 13.5. The average molecular weight is 284 g/mol. The van der Waals surface area contributed by atoms with Crippen LogP contribution in [0.3, 0.4) is 0 Å². The van der Waals surface area contributed by atoms with Gasteiger partial charge in [-0.1, -0.05) is 24.5 Å². The summed E-state index contributed by atoms with van der Waals surface area (Å²) in [5, 5.41) is 0. The average Bonchev–Trinajstić information content (AvgIpc) is 2.54. The molecule has 3 aliphatic rings. The van der Waals surface area contributed by atoms with Gasteiger partial charge in [0.1, 0.15) is 7.05 Å². The van der Waals surface area contributed by atoms with Crippen LogP contribution in [-0.4, -0.2) is 6.10 Å². The Morgan fingerprint density at radius 3 is 2.86 bits per heavy atom. The molecule has 1 aromatic heterocycles. The number of aromatic nitrogens is 1. The normalized spacial score (nSPS) is 35.6. The fourth-order valence-electron chi connectivity index (χ4n) is 4.69. The summed E-state index contributed by atoms with van der Waals surface area (Å²) in [5.41, 5.74) is 3.11. The summed E-state index contributed by atoms with van der Waals surface area (Å²) < 4.78 is 8.80. The predicted octanol–water partition coefficient (Wildman–Crippen LogP) is 3.87. The van der Waals surface area contributed by atoms with Gasteiger partial charge in [0.05, 0.1) is 12.2 Å². The van der Waals surface area contributed by atoms with Crippen LogP contribution in [0.2, 0.25) is 0 Å². The van der Waals surface area contributed by atoms with Crippen LogP contribution in [0.1, 0.15) is 56.6 Å². The zero-order valence-corrected chi connectivity index (χ0v) is 13.0. The topological polar surface area (TPSA) is 13.1 Å². The van der Waals surface area contributed by atoms with E-state index in [1.54, 1.807) is 5.57 Å². The monoisotopic (exact) mass is 284 g/mol. The van der Waals surface area contributed by atoms with Crippen molar-refractivity contribution in [3.8, 4) is 0 Å². The van der Waals surface area contributed by atoms with Crippen LogP contribution in [0.15, 0.2) is 36.2 Å². The molecule has 2 heterocycles. The Hall–Kier alpha value is -1.15. The highest BCUT2D eigenvalue weighted by molar-refractivity contribution is 5.25. The summed E-state index contributed by atoms with van der Waals surface area (Å²) in [6.07, 6.45) is 16.9. The molecule has 0 radical (unpaired) electrons. The van der Waals surface area contributed by atoms with Crippen molar-refractivity contribution in [2.45, 2.75) is 57.2 Å². The Kier molecular flexibility index (Phi) is 3.58. The van der Waals surface area contributed by atoms with Crippen molar-refractivity contribution in [1.29, 1.82) is 0 Å². The first-order chi connectivity index (χ1) is 10.3. The maximum absolute atomic E-state index is 6.65. The van der Waals surface area contributed by atoms with Gasteiger partial charge in [-0.2, -0.15) is 0 Å². The minimum absolute atomic E-state index is 0.281. The van der Waals surface area contributed by atoms with Crippen LogP contribution in [0.5, 0.6) is 0 Å². The maximum Gasteiger partial charge on any atom is 0.174 e. The Morgan fingerprint density at radius 2 is 1.95 bits per heavy atom. The minimum atomic E-state index is 0.281. The molecule has 21 heavy (non-hydrogen) atoms. The molecule has 4 rings (SSSR count). The smallest absolute Gasteiger partial charge is 0.174 e. The second-order valence-corrected chi connectivity index (χ2v) is 7.03. The van der Waals surface area contributed by atoms with Gasteiger partial charge >= 0.3 is 0 Å². The molecule has 1 aromatic rings. The summed E-state index contributed by atoms with van der Waals surface area (Å²) in [5.74, 6) is 1.35. The van der Waals surface area contributed by atoms with Crippen LogP contribution < -0.4 is 4.57 Å². The molecule has 2 nitrogen and oxygen atoms in total. The number of hydrogen-bond donors (Lipinski definition) is 0. The lowest BCUT2D eigenvalue weighted by molar-refractivity contribution is -0.672. The predicted molar refractivity (Wildman–Crippen MR) is 82.6 cm³/mol. The lowest BCUT2D eigenvalue weighted by Gasteiger charge is -2.47. The van der Waals surface area contributed by atoms with Crippen LogP contribution in [0.4, 0.5) is 0 Å². The van der Waals surface area contributed by atoms with Crippen LogP contribution >= 0.6 is 0 Å². The zero-order valence-electron chi connectivity index (χ0n) is 13.0. The number of ether oxygens (including phenoxy) is 1. The lowest BCUT2D eigenvalue weighted by atomic mass is 9.68. The molecule has 0 N–H and O–H groups in total. The lowest BCUT2D eigenvalue weighted by Crippen LogP contribution is -2.42. The zero-order chi connectivity index (χ0) is 14.2. The van der Waals surface area contributed by atoms with E-state index in [0.29, 0.717) is 12.0 Å². The molecule has 2 fully saturated rings. The number of hydrogen-bond acceptors (Lipinski definition) is 1. The van der Waals surface area contributed by atoms with Gasteiger partial charge < -0.3 is 4.74 Å². The van der Waals surface area contributed by atoms with Gasteiger partial charge in [-0.05, 0) is 38.2 Å². The third kappa shape index (κ3) is 2.44. The Bertz CT molecular complexity index is 550. The van der Waals surface area contributed by atoms with Crippen molar-refractivity contribution in [3.63, 3.8) is 0 Å². The molecule has 112 valence electrons. The maximum atomic E-state index is 6.65. The van der Waals surface area contributed by atoms with Gasteiger partial charge in [0.15, 0.2) is 12.4 Å². The van der Waals surface area contributed by atoms with Crippen molar-refractivity contribution >= 4 is 0 Å². The fourth-order valence-corrected chi connectivity index (χ4v) is 4.69. The molecule has 0 unspecified atom stereocenters. The first-order valence-corrected chi connectivity index (χ1v) is 8.63. The summed E-state index contributed by atoms with van der Waals surface area (Å²) in [4.78, 5) is 0. The van der Waals surface area contributed by atoms with E-state index in [0.717, 1.165) is 5.92 Å². The summed E-state index contributed by atoms with van der Waals surface area (Å²) >= 11 is 0. The van der Waals surface area contributed by atoms with Crippen LogP contribution in [0.25, 0.3) is 0 Å². The number of rotatable bonds is 1. The van der Waals surface area contributed by atoms with Gasteiger partial charge in [-0.25, -0.2) is 4.57 Å². The third-order valence-corrected chi connectivity index (χ3v) is 5.64. The molecule has 0 amide bonds. The van der Waals surface area contributed by atoms with Crippen molar-refractivity contribution in [3.05, 3.63) is 41.7 Å². The minimum Gasteiger partial charge on any atom is -0.369 e. The fraction of sp³-hybridized carbons (Fsp3) is 0.632. The Balaban J connectivity index is 1.70. The van der Waals surface area contributed by atoms with Gasteiger partial charge in [-0.15, -0.1) is 0 Å². The van der Waals surface area contributed by atoms with Crippen LogP contribution in [-0.2, 0) is 11.8 Å². The largest absolute Gasteiger partial charge is 0.369 e. The molecular formula is C19H26NO+. The number of aryl methyl sites for hydroxylation is 1. The number of allylic oxidation sites excluding steroid dienone is 1. The molecule has 2 aliphatic carbocycles. The second-order valence-electron chi connectivity index (χ2n) is 7.03. The molecule has 1 saturated carbocycles. The SMILES string of the molecule is C[n+]1cccc([C@H]2O[C@H]3CCCC[C@@H]3C3=CCCC[C@H]32)c1. The van der Waals surface area contributed by atoms with Gasteiger partial charge in [0, 0.05) is 23.5 Å². The van der Waals surface area contributed by atoms with E-state index in [2.05, 4.69) is 42.2 Å². The molecule has 0 spiro atoms. The van der Waals surface area contributed by atoms with Crippen molar-refractivity contribution in [2.24, 2.45) is 18.9 Å². The Labute approximate surface area is 127 Å². The van der Waals surface area contributed by atoms with Crippen molar-refractivity contribution < 1.29 is 9.30 Å². The first-order valence-electron chi connectivity index (χ1n) is 8.63. The number of pyridine rings is 1.